The van der Waals surface area contributed by atoms with Gasteiger partial charge in [-0.25, -0.2) is 0 Å². The summed E-state index contributed by atoms with van der Waals surface area (Å²) in [5, 5.41) is 3.03. The SMILES string of the molecule is CC(C)CC(Br)CNC(=O)CCC1CCCC1. The average Bonchev–Trinajstić information content (AvgIpc) is 2.75. The van der Waals surface area contributed by atoms with Crippen LogP contribution >= 0.6 is 15.9 Å². The van der Waals surface area contributed by atoms with Gasteiger partial charge in [-0.1, -0.05) is 55.5 Å². The second-order valence-electron chi connectivity index (χ2n) is 5.72. The van der Waals surface area contributed by atoms with Crippen molar-refractivity contribution in [2.45, 2.75) is 63.6 Å². The second kappa shape index (κ2) is 8.12. The van der Waals surface area contributed by atoms with Crippen LogP contribution < -0.4 is 5.32 Å². The van der Waals surface area contributed by atoms with Crippen LogP contribution in [0.5, 0.6) is 0 Å². The summed E-state index contributed by atoms with van der Waals surface area (Å²) in [6.07, 6.45) is 8.32. The van der Waals surface area contributed by atoms with Crippen molar-refractivity contribution in [1.82, 2.24) is 5.32 Å². The third kappa shape index (κ3) is 7.07. The lowest BCUT2D eigenvalue weighted by Gasteiger charge is -2.14. The summed E-state index contributed by atoms with van der Waals surface area (Å²) in [6.45, 7) is 5.17. The number of carbonyl (C=O) groups is 1. The van der Waals surface area contributed by atoms with Gasteiger partial charge in [0.15, 0.2) is 0 Å². The molecule has 0 spiro atoms. The van der Waals surface area contributed by atoms with Gasteiger partial charge in [-0.15, -0.1) is 0 Å². The lowest BCUT2D eigenvalue weighted by molar-refractivity contribution is -0.121. The van der Waals surface area contributed by atoms with E-state index in [-0.39, 0.29) is 5.91 Å². The van der Waals surface area contributed by atoms with E-state index < -0.39 is 0 Å². The van der Waals surface area contributed by atoms with Crippen molar-refractivity contribution < 1.29 is 4.79 Å². The molecule has 0 heterocycles. The molecule has 0 radical (unpaired) electrons. The molecule has 0 bridgehead atoms. The Morgan fingerprint density at radius 3 is 2.59 bits per heavy atom. The minimum absolute atomic E-state index is 0.227. The van der Waals surface area contributed by atoms with Gasteiger partial charge in [0.25, 0.3) is 0 Å². The Morgan fingerprint density at radius 1 is 1.35 bits per heavy atom. The molecule has 0 aromatic carbocycles. The molecule has 0 saturated heterocycles. The first-order chi connectivity index (χ1) is 8.08. The maximum absolute atomic E-state index is 11.7. The second-order valence-corrected chi connectivity index (χ2v) is 7.02. The van der Waals surface area contributed by atoms with Gasteiger partial charge >= 0.3 is 0 Å². The smallest absolute Gasteiger partial charge is 0.220 e. The highest BCUT2D eigenvalue weighted by atomic mass is 79.9. The number of nitrogens with one attached hydrogen (secondary N) is 1. The third-order valence-corrected chi connectivity index (χ3v) is 4.20. The van der Waals surface area contributed by atoms with Gasteiger partial charge in [-0.2, -0.15) is 0 Å². The normalized spacial score (nSPS) is 18.6. The molecular formula is C14H26BrNO. The quantitative estimate of drug-likeness (QED) is 0.711. The Bertz CT molecular complexity index is 224. The van der Waals surface area contributed by atoms with E-state index in [4.69, 9.17) is 0 Å². The largest absolute Gasteiger partial charge is 0.355 e. The van der Waals surface area contributed by atoms with Crippen LogP contribution in [0.25, 0.3) is 0 Å². The van der Waals surface area contributed by atoms with E-state index in [1.807, 2.05) is 0 Å². The highest BCUT2D eigenvalue weighted by Crippen LogP contribution is 2.28. The monoisotopic (exact) mass is 303 g/mol. The number of hydrogen-bond acceptors (Lipinski definition) is 1. The van der Waals surface area contributed by atoms with Gasteiger partial charge in [0.2, 0.25) is 5.91 Å². The Kier molecular flexibility index (Phi) is 7.17. The first-order valence-corrected chi connectivity index (χ1v) is 7.90. The zero-order valence-electron chi connectivity index (χ0n) is 11.2. The molecule has 0 aromatic heterocycles. The molecule has 1 aliphatic rings. The fourth-order valence-electron chi connectivity index (χ4n) is 2.54. The molecular weight excluding hydrogens is 278 g/mol. The Labute approximate surface area is 114 Å². The van der Waals surface area contributed by atoms with E-state index in [9.17, 15) is 4.79 Å². The lowest BCUT2D eigenvalue weighted by Crippen LogP contribution is -2.30. The standard InChI is InChI=1S/C14H26BrNO/c1-11(2)9-13(15)10-16-14(17)8-7-12-5-3-4-6-12/h11-13H,3-10H2,1-2H3,(H,16,17). The number of halogens is 1. The fraction of sp³-hybridized carbons (Fsp3) is 0.929. The summed E-state index contributed by atoms with van der Waals surface area (Å²) < 4.78 is 0. The predicted molar refractivity (Wildman–Crippen MR) is 76.4 cm³/mol. The molecule has 17 heavy (non-hydrogen) atoms. The highest BCUT2D eigenvalue weighted by Gasteiger charge is 2.16. The molecule has 3 heteroatoms. The van der Waals surface area contributed by atoms with E-state index in [0.29, 0.717) is 17.2 Å². The number of amides is 1. The maximum Gasteiger partial charge on any atom is 0.220 e. The van der Waals surface area contributed by atoms with Gasteiger partial charge < -0.3 is 5.32 Å². The summed E-state index contributed by atoms with van der Waals surface area (Å²) in [5.41, 5.74) is 0. The van der Waals surface area contributed by atoms with E-state index in [1.165, 1.54) is 25.7 Å². The Hall–Kier alpha value is -0.0500. The predicted octanol–water partition coefficient (Wildman–Crippen LogP) is 3.88. The molecule has 0 aliphatic heterocycles. The number of hydrogen-bond donors (Lipinski definition) is 1. The Balaban J connectivity index is 2.04. The van der Waals surface area contributed by atoms with E-state index >= 15 is 0 Å². The number of rotatable bonds is 7. The van der Waals surface area contributed by atoms with Crippen molar-refractivity contribution in [3.8, 4) is 0 Å². The summed E-state index contributed by atoms with van der Waals surface area (Å²) in [4.78, 5) is 12.1. The van der Waals surface area contributed by atoms with Crippen LogP contribution in [0.3, 0.4) is 0 Å². The summed E-state index contributed by atoms with van der Waals surface area (Å²) >= 11 is 3.61. The van der Waals surface area contributed by atoms with Gasteiger partial charge in [0.05, 0.1) is 0 Å². The van der Waals surface area contributed by atoms with Gasteiger partial charge in [-0.3, -0.25) is 4.79 Å². The molecule has 1 fully saturated rings. The topological polar surface area (TPSA) is 29.1 Å². The Morgan fingerprint density at radius 2 is 2.00 bits per heavy atom. The molecule has 1 unspecified atom stereocenters. The van der Waals surface area contributed by atoms with Crippen molar-refractivity contribution in [2.75, 3.05) is 6.54 Å². The summed E-state index contributed by atoms with van der Waals surface area (Å²) in [6, 6.07) is 0. The van der Waals surface area contributed by atoms with Crippen LogP contribution in [0.15, 0.2) is 0 Å². The molecule has 0 aromatic rings. The van der Waals surface area contributed by atoms with E-state index in [2.05, 4.69) is 35.1 Å². The first kappa shape index (κ1) is 15.0. The summed E-state index contributed by atoms with van der Waals surface area (Å²) in [7, 11) is 0. The van der Waals surface area contributed by atoms with Crippen molar-refractivity contribution >= 4 is 21.8 Å². The molecule has 1 aliphatic carbocycles. The average molecular weight is 304 g/mol. The molecule has 2 nitrogen and oxygen atoms in total. The van der Waals surface area contributed by atoms with Crippen LogP contribution in [-0.2, 0) is 4.79 Å². The van der Waals surface area contributed by atoms with E-state index in [0.717, 1.165) is 25.3 Å². The number of alkyl halides is 1. The van der Waals surface area contributed by atoms with Gasteiger partial charge in [0, 0.05) is 17.8 Å². The zero-order chi connectivity index (χ0) is 12.7. The highest BCUT2D eigenvalue weighted by molar-refractivity contribution is 9.09. The van der Waals surface area contributed by atoms with Crippen molar-refractivity contribution in [2.24, 2.45) is 11.8 Å². The van der Waals surface area contributed by atoms with Gasteiger partial charge in [0.1, 0.15) is 0 Å². The van der Waals surface area contributed by atoms with Crippen LogP contribution in [0.4, 0.5) is 0 Å². The third-order valence-electron chi connectivity index (χ3n) is 3.50. The minimum atomic E-state index is 0.227. The minimum Gasteiger partial charge on any atom is -0.355 e. The van der Waals surface area contributed by atoms with Crippen molar-refractivity contribution in [3.05, 3.63) is 0 Å². The molecule has 1 rings (SSSR count). The fourth-order valence-corrected chi connectivity index (χ4v) is 3.45. The molecule has 100 valence electrons. The van der Waals surface area contributed by atoms with Crippen molar-refractivity contribution in [3.63, 3.8) is 0 Å². The van der Waals surface area contributed by atoms with Crippen LogP contribution in [0.1, 0.15) is 58.8 Å². The molecule has 1 atom stereocenters. The molecule has 1 N–H and O–H groups in total. The molecule has 1 amide bonds. The van der Waals surface area contributed by atoms with Crippen molar-refractivity contribution in [1.29, 1.82) is 0 Å². The lowest BCUT2D eigenvalue weighted by atomic mass is 10.0. The zero-order valence-corrected chi connectivity index (χ0v) is 12.8. The maximum atomic E-state index is 11.7. The van der Waals surface area contributed by atoms with Crippen LogP contribution in [0, 0.1) is 11.8 Å². The van der Waals surface area contributed by atoms with Crippen LogP contribution in [0.2, 0.25) is 0 Å². The first-order valence-electron chi connectivity index (χ1n) is 6.98. The van der Waals surface area contributed by atoms with E-state index in [1.54, 1.807) is 0 Å². The summed E-state index contributed by atoms with van der Waals surface area (Å²) in [5.74, 6) is 1.72. The van der Waals surface area contributed by atoms with Crippen LogP contribution in [-0.4, -0.2) is 17.3 Å². The molecule has 1 saturated carbocycles. The number of carbonyl (C=O) groups excluding carboxylic acids is 1. The van der Waals surface area contributed by atoms with Gasteiger partial charge in [-0.05, 0) is 24.7 Å².